The Balaban J connectivity index is 1.18. The molecule has 42 heavy (non-hydrogen) atoms. The number of hydrogen-bond acceptors (Lipinski definition) is 6. The number of ether oxygens (including phenoxy) is 1. The van der Waals surface area contributed by atoms with Gasteiger partial charge >= 0.3 is 12.2 Å². The van der Waals surface area contributed by atoms with Crippen LogP contribution in [0.1, 0.15) is 42.9 Å². The number of halogens is 4. The minimum absolute atomic E-state index is 0.115. The number of carbonyl (C=O) groups is 1. The zero-order valence-electron chi connectivity index (χ0n) is 22.7. The van der Waals surface area contributed by atoms with Crippen molar-refractivity contribution in [1.82, 2.24) is 19.5 Å². The molecule has 0 unspecified atom stereocenters. The smallest absolute Gasteiger partial charge is 0.420 e. The van der Waals surface area contributed by atoms with Gasteiger partial charge in [-0.1, -0.05) is 6.07 Å². The first-order chi connectivity index (χ1) is 20.1. The number of likely N-dealkylation sites (tertiary alicyclic amines) is 1. The molecule has 9 nitrogen and oxygen atoms in total. The molecule has 1 saturated heterocycles. The van der Waals surface area contributed by atoms with Gasteiger partial charge in [-0.25, -0.2) is 18.7 Å². The van der Waals surface area contributed by atoms with Crippen molar-refractivity contribution >= 4 is 28.7 Å². The summed E-state index contributed by atoms with van der Waals surface area (Å²) in [6, 6.07) is 8.60. The number of fused-ring (bicyclic) bond motifs is 1. The van der Waals surface area contributed by atoms with E-state index in [1.165, 1.54) is 30.6 Å². The molecular weight excluding hydrogens is 554 g/mol. The van der Waals surface area contributed by atoms with Crippen LogP contribution < -0.4 is 21.1 Å². The average Bonchev–Trinajstić information content (AvgIpc) is 3.71. The molecule has 2 aromatic heterocycles. The molecule has 0 spiro atoms. The summed E-state index contributed by atoms with van der Waals surface area (Å²) < 4.78 is 64.1. The molecule has 1 aliphatic carbocycles. The fraction of sp³-hybridized carbons (Fsp3) is 0.345. The molecule has 2 amide bonds. The van der Waals surface area contributed by atoms with Gasteiger partial charge in [0.05, 0.1) is 11.3 Å². The molecular formula is C29H29F4N7O2. The van der Waals surface area contributed by atoms with Crippen molar-refractivity contribution in [3.05, 3.63) is 65.9 Å². The number of hydrogen-bond donors (Lipinski definition) is 3. The summed E-state index contributed by atoms with van der Waals surface area (Å²) >= 11 is 0. The fourth-order valence-corrected chi connectivity index (χ4v) is 5.27. The Labute approximate surface area is 238 Å². The van der Waals surface area contributed by atoms with Gasteiger partial charge in [0.15, 0.2) is 5.82 Å². The summed E-state index contributed by atoms with van der Waals surface area (Å²) in [5, 5.41) is 9.03. The van der Waals surface area contributed by atoms with Crippen molar-refractivity contribution in [2.45, 2.75) is 43.9 Å². The Hall–Kier alpha value is -4.39. The van der Waals surface area contributed by atoms with Crippen LogP contribution in [0.5, 0.6) is 5.75 Å². The first-order valence-corrected chi connectivity index (χ1v) is 13.6. The van der Waals surface area contributed by atoms with Crippen molar-refractivity contribution in [1.29, 1.82) is 0 Å². The van der Waals surface area contributed by atoms with Crippen molar-refractivity contribution in [2.24, 2.45) is 0 Å². The number of carbonyl (C=O) groups excluding carboxylic acids is 1. The third-order valence-electron chi connectivity index (χ3n) is 7.64. The molecule has 3 heterocycles. The third kappa shape index (κ3) is 5.69. The van der Waals surface area contributed by atoms with Crippen LogP contribution in [0.2, 0.25) is 0 Å². The van der Waals surface area contributed by atoms with Gasteiger partial charge in [0, 0.05) is 36.0 Å². The van der Waals surface area contributed by atoms with E-state index in [-0.39, 0.29) is 29.0 Å². The number of benzene rings is 2. The molecule has 6 rings (SSSR count). The van der Waals surface area contributed by atoms with E-state index in [0.29, 0.717) is 35.4 Å². The monoisotopic (exact) mass is 583 g/mol. The lowest BCUT2D eigenvalue weighted by Gasteiger charge is -2.30. The number of piperidine rings is 1. The summed E-state index contributed by atoms with van der Waals surface area (Å²) in [6.45, 7) is 1.46. The van der Waals surface area contributed by atoms with Gasteiger partial charge in [0.1, 0.15) is 29.5 Å². The lowest BCUT2D eigenvalue weighted by molar-refractivity contribution is -0.139. The minimum Gasteiger partial charge on any atom is -0.490 e. The lowest BCUT2D eigenvalue weighted by Crippen LogP contribution is -2.36. The number of nitrogens with one attached hydrogen (secondary N) is 2. The van der Waals surface area contributed by atoms with Gasteiger partial charge in [0.2, 0.25) is 0 Å². The van der Waals surface area contributed by atoms with E-state index in [4.69, 9.17) is 10.5 Å². The number of urea groups is 1. The van der Waals surface area contributed by atoms with Crippen molar-refractivity contribution in [3.8, 4) is 16.9 Å². The number of amides is 2. The van der Waals surface area contributed by atoms with E-state index in [0.717, 1.165) is 37.7 Å². The first-order valence-electron chi connectivity index (χ1n) is 13.6. The molecule has 4 N–H and O–H groups in total. The Morgan fingerprint density at radius 2 is 1.81 bits per heavy atom. The first kappa shape index (κ1) is 27.8. The molecule has 0 radical (unpaired) electrons. The predicted octanol–water partition coefficient (Wildman–Crippen LogP) is 6.13. The van der Waals surface area contributed by atoms with E-state index < -0.39 is 23.6 Å². The van der Waals surface area contributed by atoms with Gasteiger partial charge in [-0.15, -0.1) is 0 Å². The molecule has 220 valence electrons. The van der Waals surface area contributed by atoms with Crippen LogP contribution in [0.25, 0.3) is 16.6 Å². The molecule has 2 aliphatic rings. The zero-order valence-corrected chi connectivity index (χ0v) is 22.7. The van der Waals surface area contributed by atoms with Gasteiger partial charge in [-0.05, 0) is 74.7 Å². The Morgan fingerprint density at radius 3 is 2.50 bits per heavy atom. The van der Waals surface area contributed by atoms with E-state index in [1.807, 2.05) is 13.1 Å². The standard InChI is InChI=1S/C29H29F4N7O2/c1-39-10-8-19(9-11-39)42-25-7-5-18(13-21(25)29(31,32)33)37-28(41)38-23-6-4-17(12-22(23)30)20-14-24(16-2-3-16)40-26(20)27(34)35-15-36-40/h4-7,12-16,19H,2-3,8-11H2,1H3,(H2,34,35,36)(H2,37,38,41). The molecule has 0 bridgehead atoms. The second-order valence-corrected chi connectivity index (χ2v) is 10.8. The Bertz CT molecular complexity index is 1640. The normalized spacial score (nSPS) is 16.5. The molecule has 2 aromatic carbocycles. The maximum Gasteiger partial charge on any atom is 0.420 e. The van der Waals surface area contributed by atoms with E-state index in [2.05, 4.69) is 25.6 Å². The molecule has 2 fully saturated rings. The van der Waals surface area contributed by atoms with Gasteiger partial charge < -0.3 is 26.0 Å². The largest absolute Gasteiger partial charge is 0.490 e. The molecule has 13 heteroatoms. The van der Waals surface area contributed by atoms with Crippen LogP contribution in [-0.4, -0.2) is 51.8 Å². The maximum atomic E-state index is 15.2. The molecule has 1 aliphatic heterocycles. The summed E-state index contributed by atoms with van der Waals surface area (Å²) in [5.74, 6) is -0.417. The SMILES string of the molecule is CN1CCC(Oc2ccc(NC(=O)Nc3ccc(-c4cc(C5CC5)n5ncnc(N)c45)cc3F)cc2C(F)(F)F)CC1. The van der Waals surface area contributed by atoms with Crippen LogP contribution in [-0.2, 0) is 6.18 Å². The second kappa shape index (κ2) is 10.8. The van der Waals surface area contributed by atoms with Crippen LogP contribution >= 0.6 is 0 Å². The summed E-state index contributed by atoms with van der Waals surface area (Å²) in [4.78, 5) is 18.8. The van der Waals surface area contributed by atoms with Gasteiger partial charge in [0.25, 0.3) is 0 Å². The predicted molar refractivity (Wildman–Crippen MR) is 150 cm³/mol. The Morgan fingerprint density at radius 1 is 1.05 bits per heavy atom. The minimum atomic E-state index is -4.70. The fourth-order valence-electron chi connectivity index (χ4n) is 5.27. The van der Waals surface area contributed by atoms with Crippen LogP contribution in [0.15, 0.2) is 48.8 Å². The van der Waals surface area contributed by atoms with Crippen LogP contribution in [0.4, 0.5) is 39.5 Å². The summed E-state index contributed by atoms with van der Waals surface area (Å²) in [7, 11) is 1.95. The van der Waals surface area contributed by atoms with Gasteiger partial charge in [-0.3, -0.25) is 0 Å². The molecule has 0 atom stereocenters. The number of aromatic nitrogens is 3. The highest BCUT2D eigenvalue weighted by atomic mass is 19.4. The highest BCUT2D eigenvalue weighted by molar-refractivity contribution is 6.00. The van der Waals surface area contributed by atoms with Gasteiger partial charge in [-0.2, -0.15) is 18.3 Å². The number of alkyl halides is 3. The number of rotatable bonds is 6. The lowest BCUT2D eigenvalue weighted by atomic mass is 10.1. The molecule has 4 aromatic rings. The number of nitrogens with two attached hydrogens (primary N) is 1. The third-order valence-corrected chi connectivity index (χ3v) is 7.64. The average molecular weight is 584 g/mol. The number of nitrogen functional groups attached to an aromatic ring is 1. The second-order valence-electron chi connectivity index (χ2n) is 10.8. The quantitative estimate of drug-likeness (QED) is 0.236. The topological polar surface area (TPSA) is 110 Å². The highest BCUT2D eigenvalue weighted by Gasteiger charge is 2.36. The van der Waals surface area contributed by atoms with Crippen molar-refractivity contribution in [3.63, 3.8) is 0 Å². The highest BCUT2D eigenvalue weighted by Crippen LogP contribution is 2.44. The molecule has 1 saturated carbocycles. The number of anilines is 3. The Kier molecular flexibility index (Phi) is 7.13. The van der Waals surface area contributed by atoms with Crippen LogP contribution in [0.3, 0.4) is 0 Å². The zero-order chi connectivity index (χ0) is 29.6. The van der Waals surface area contributed by atoms with E-state index in [9.17, 15) is 18.0 Å². The summed E-state index contributed by atoms with van der Waals surface area (Å²) in [5.41, 5.74) is 7.58. The van der Waals surface area contributed by atoms with Crippen molar-refractivity contribution < 1.29 is 27.1 Å². The summed E-state index contributed by atoms with van der Waals surface area (Å²) in [6.07, 6.45) is -0.369. The van der Waals surface area contributed by atoms with E-state index >= 15 is 4.39 Å². The number of nitrogens with zero attached hydrogens (tertiary/aromatic N) is 4. The van der Waals surface area contributed by atoms with Crippen molar-refractivity contribution in [2.75, 3.05) is 36.5 Å². The van der Waals surface area contributed by atoms with E-state index in [1.54, 1.807) is 10.6 Å². The maximum absolute atomic E-state index is 15.2. The van der Waals surface area contributed by atoms with Crippen LogP contribution in [0, 0.1) is 5.82 Å².